The molecular weight excluding hydrogens is 166 g/mol. The zero-order valence-electron chi connectivity index (χ0n) is 6.29. The smallest absolute Gasteiger partial charge is 0.322 e. The molecule has 0 saturated carbocycles. The summed E-state index contributed by atoms with van der Waals surface area (Å²) in [6, 6.07) is 0. The van der Waals surface area contributed by atoms with Gasteiger partial charge in [-0.25, -0.2) is 0 Å². The van der Waals surface area contributed by atoms with Gasteiger partial charge in [0.2, 0.25) is 6.10 Å². The number of nitrogens with one attached hydrogen (secondary N) is 1. The fourth-order valence-corrected chi connectivity index (χ4v) is 1.54. The summed E-state index contributed by atoms with van der Waals surface area (Å²) in [7, 11) is 0. The Hall–Kier alpha value is -0.240. The van der Waals surface area contributed by atoms with Crippen LogP contribution < -0.4 is 5.48 Å². The molecule has 0 spiro atoms. The minimum atomic E-state index is -1.20. The number of hydrogen-bond donors (Lipinski definition) is 5. The second-order valence-corrected chi connectivity index (χ2v) is 3.10. The van der Waals surface area contributed by atoms with E-state index in [0.29, 0.717) is 0 Å². The Balaban J connectivity index is 2.11. The molecule has 2 rings (SSSR count). The third kappa shape index (κ3) is 0.972. The summed E-state index contributed by atoms with van der Waals surface area (Å²) >= 11 is 0. The number of aliphatic hydroxyl groups excluding tert-OH is 4. The highest BCUT2D eigenvalue weighted by Crippen LogP contribution is 2.34. The summed E-state index contributed by atoms with van der Waals surface area (Å²) in [4.78, 5) is 0. The Morgan fingerprint density at radius 3 is 2.33 bits per heavy atom. The van der Waals surface area contributed by atoms with E-state index >= 15 is 0 Å². The number of fused-ring (bicyclic) bond motifs is 1. The lowest BCUT2D eigenvalue weighted by Gasteiger charge is -2.27. The summed E-state index contributed by atoms with van der Waals surface area (Å²) in [5.74, 6) is 0. The first-order valence-electron chi connectivity index (χ1n) is 3.80. The summed E-state index contributed by atoms with van der Waals surface area (Å²) in [5, 5.41) is 36.6. The molecule has 0 radical (unpaired) electrons. The first-order chi connectivity index (χ1) is 5.66. The molecule has 12 heavy (non-hydrogen) atoms. The van der Waals surface area contributed by atoms with Gasteiger partial charge in [0.05, 0.1) is 0 Å². The average molecular weight is 178 g/mol. The Kier molecular flexibility index (Phi) is 1.83. The third-order valence-electron chi connectivity index (χ3n) is 2.37. The fourth-order valence-electron chi connectivity index (χ4n) is 1.54. The van der Waals surface area contributed by atoms with E-state index in [1.165, 1.54) is 0 Å². The maximum atomic E-state index is 9.33. The Labute approximate surface area is 68.7 Å². The van der Waals surface area contributed by atoms with Gasteiger partial charge in [-0.3, -0.25) is 4.47 Å². The molecule has 6 heteroatoms. The van der Waals surface area contributed by atoms with Gasteiger partial charge >= 0.3 is 6.23 Å². The highest BCUT2D eigenvalue weighted by atomic mass is 17.0. The van der Waals surface area contributed by atoms with Crippen LogP contribution in [0.15, 0.2) is 0 Å². The van der Waals surface area contributed by atoms with Crippen molar-refractivity contribution in [1.82, 2.24) is 5.48 Å². The van der Waals surface area contributed by atoms with Gasteiger partial charge in [-0.15, -0.1) is 0 Å². The fraction of sp³-hybridized carbons (Fsp3) is 1.00. The zero-order chi connectivity index (χ0) is 8.88. The van der Waals surface area contributed by atoms with Gasteiger partial charge in [0.15, 0.2) is 12.2 Å². The average Bonchev–Trinajstić information content (AvgIpc) is 2.81. The molecule has 2 heterocycles. The van der Waals surface area contributed by atoms with Crippen molar-refractivity contribution < 1.29 is 24.9 Å². The van der Waals surface area contributed by atoms with E-state index in [-0.39, 0.29) is 6.61 Å². The zero-order valence-corrected chi connectivity index (χ0v) is 6.29. The summed E-state index contributed by atoms with van der Waals surface area (Å²) in [6.45, 7) is -0.279. The molecule has 0 amide bonds. The molecule has 5 N–H and O–H groups in total. The molecule has 0 unspecified atom stereocenters. The van der Waals surface area contributed by atoms with Crippen LogP contribution in [0.3, 0.4) is 0 Å². The van der Waals surface area contributed by atoms with Gasteiger partial charge in [-0.2, -0.15) is 0 Å². The van der Waals surface area contributed by atoms with E-state index in [4.69, 9.17) is 5.11 Å². The van der Waals surface area contributed by atoms with Crippen molar-refractivity contribution in [3.05, 3.63) is 0 Å². The number of rotatable bonds is 1. The predicted octanol–water partition coefficient (Wildman–Crippen LogP) is -3.16. The SMILES string of the molecule is OC[C@@H]1[C@@H](O)[C@H](O)[C@@H](O)[C@@H]2N[O+]12. The standard InChI is InChI=1S/C6H12NO5/c8-1-2-3(9)4(10)5(11)6-7-12(2)6/h2-11H,1H2/q+1/t2-,3-,4+,5-,6-/m1/s1. The van der Waals surface area contributed by atoms with Crippen molar-refractivity contribution >= 4 is 0 Å². The maximum Gasteiger partial charge on any atom is 0.322 e. The minimum absolute atomic E-state index is 0.279. The summed E-state index contributed by atoms with van der Waals surface area (Å²) < 4.78 is 2.33. The second kappa shape index (κ2) is 2.63. The molecule has 0 bridgehead atoms. The number of aliphatic hydroxyl groups is 4. The lowest BCUT2D eigenvalue weighted by molar-refractivity contribution is -0.222. The molecule has 2 aliphatic rings. The highest BCUT2D eigenvalue weighted by Gasteiger charge is 2.65. The first-order valence-corrected chi connectivity index (χ1v) is 3.80. The van der Waals surface area contributed by atoms with Crippen molar-refractivity contribution in [2.45, 2.75) is 30.6 Å². The molecule has 2 saturated heterocycles. The van der Waals surface area contributed by atoms with E-state index in [1.807, 2.05) is 0 Å². The van der Waals surface area contributed by atoms with Crippen LogP contribution in [-0.2, 0) is 4.47 Å². The largest absolute Gasteiger partial charge is 0.388 e. The molecule has 0 aliphatic carbocycles. The van der Waals surface area contributed by atoms with Crippen molar-refractivity contribution in [2.24, 2.45) is 0 Å². The van der Waals surface area contributed by atoms with Crippen LogP contribution in [0.4, 0.5) is 0 Å². The van der Waals surface area contributed by atoms with E-state index in [2.05, 4.69) is 9.95 Å². The van der Waals surface area contributed by atoms with Gasteiger partial charge < -0.3 is 20.4 Å². The molecule has 70 valence electrons. The van der Waals surface area contributed by atoms with E-state index in [1.54, 1.807) is 0 Å². The predicted molar refractivity (Wildman–Crippen MR) is 36.9 cm³/mol. The molecule has 0 aromatic rings. The van der Waals surface area contributed by atoms with Crippen LogP contribution in [0, 0.1) is 0 Å². The summed E-state index contributed by atoms with van der Waals surface area (Å²) in [5.41, 5.74) is 2.66. The van der Waals surface area contributed by atoms with Gasteiger partial charge in [0.1, 0.15) is 12.7 Å². The summed E-state index contributed by atoms with van der Waals surface area (Å²) in [6.07, 6.45) is -4.37. The van der Waals surface area contributed by atoms with Gasteiger partial charge in [0.25, 0.3) is 0 Å². The normalized spacial score (nSPS) is 53.5. The van der Waals surface area contributed by atoms with Gasteiger partial charge in [-0.05, 0) is 5.48 Å². The van der Waals surface area contributed by atoms with Gasteiger partial charge in [0, 0.05) is 0 Å². The van der Waals surface area contributed by atoms with Crippen LogP contribution in [0.2, 0.25) is 0 Å². The third-order valence-corrected chi connectivity index (χ3v) is 2.37. The van der Waals surface area contributed by atoms with Crippen molar-refractivity contribution in [2.75, 3.05) is 6.61 Å². The van der Waals surface area contributed by atoms with E-state index < -0.39 is 30.6 Å². The quantitative estimate of drug-likeness (QED) is 0.215. The van der Waals surface area contributed by atoms with Crippen LogP contribution >= 0.6 is 0 Å². The van der Waals surface area contributed by atoms with Crippen LogP contribution in [-0.4, -0.2) is 57.7 Å². The Morgan fingerprint density at radius 1 is 1.08 bits per heavy atom. The molecular formula is C6H12NO5+. The van der Waals surface area contributed by atoms with Crippen molar-refractivity contribution in [3.63, 3.8) is 0 Å². The maximum absolute atomic E-state index is 9.33. The minimum Gasteiger partial charge on any atom is -0.388 e. The Morgan fingerprint density at radius 2 is 1.75 bits per heavy atom. The molecule has 2 aliphatic heterocycles. The second-order valence-electron chi connectivity index (χ2n) is 3.10. The van der Waals surface area contributed by atoms with Crippen LogP contribution in [0.5, 0.6) is 0 Å². The Bertz CT molecular complexity index is 189. The highest BCUT2D eigenvalue weighted by molar-refractivity contribution is 4.97. The van der Waals surface area contributed by atoms with Crippen molar-refractivity contribution in [3.8, 4) is 0 Å². The molecule has 0 aromatic heterocycles. The van der Waals surface area contributed by atoms with Gasteiger partial charge in [-0.1, -0.05) is 0 Å². The monoisotopic (exact) mass is 178 g/mol. The topological polar surface area (TPSA) is 106 Å². The van der Waals surface area contributed by atoms with Crippen molar-refractivity contribution in [1.29, 1.82) is 0 Å². The van der Waals surface area contributed by atoms with Crippen LogP contribution in [0.25, 0.3) is 0 Å². The first kappa shape index (κ1) is 8.36. The number of hydroxylamine groups is 1. The number of hydrogen-bond acceptors (Lipinski definition) is 5. The molecule has 0 aromatic carbocycles. The lowest BCUT2D eigenvalue weighted by Crippen LogP contribution is -2.54. The lowest BCUT2D eigenvalue weighted by atomic mass is 10.0. The van der Waals surface area contributed by atoms with E-state index in [9.17, 15) is 15.3 Å². The van der Waals surface area contributed by atoms with Crippen LogP contribution in [0.1, 0.15) is 0 Å². The molecule has 2 fully saturated rings. The molecule has 6 nitrogen and oxygen atoms in total. The molecule has 5 atom stereocenters. The van der Waals surface area contributed by atoms with E-state index in [0.717, 1.165) is 0 Å².